The smallest absolute Gasteiger partial charge is 0.346 e. The van der Waals surface area contributed by atoms with Gasteiger partial charge in [0.2, 0.25) is 6.61 Å². The first-order valence-corrected chi connectivity index (χ1v) is 6.60. The van der Waals surface area contributed by atoms with E-state index in [1.54, 1.807) is 0 Å². The van der Waals surface area contributed by atoms with Crippen LogP contribution in [0.1, 0.15) is 12.5 Å². The van der Waals surface area contributed by atoms with Crippen molar-refractivity contribution in [3.05, 3.63) is 60.2 Å². The van der Waals surface area contributed by atoms with E-state index in [1.807, 2.05) is 49.4 Å². The first-order chi connectivity index (χ1) is 10.2. The zero-order valence-electron chi connectivity index (χ0n) is 12.1. The highest BCUT2D eigenvalue weighted by Crippen LogP contribution is 2.19. The van der Waals surface area contributed by atoms with Gasteiger partial charge >= 0.3 is 5.97 Å². The third kappa shape index (κ3) is 4.18. The predicted octanol–water partition coefficient (Wildman–Crippen LogP) is 3.27. The van der Waals surface area contributed by atoms with Gasteiger partial charge in [-0.25, -0.2) is 4.79 Å². The van der Waals surface area contributed by atoms with E-state index in [1.165, 1.54) is 12.7 Å². The van der Waals surface area contributed by atoms with Gasteiger partial charge in [0.1, 0.15) is 0 Å². The average molecular weight is 283 g/mol. The van der Waals surface area contributed by atoms with E-state index < -0.39 is 5.97 Å². The first-order valence-electron chi connectivity index (χ1n) is 6.60. The van der Waals surface area contributed by atoms with Crippen LogP contribution in [0.4, 0.5) is 0 Å². The van der Waals surface area contributed by atoms with Gasteiger partial charge in [-0.3, -0.25) is 0 Å². The van der Waals surface area contributed by atoms with Crippen LogP contribution in [0, 0.1) is 0 Å². The molecule has 2 aromatic carbocycles. The Balaban J connectivity index is 2.05. The molecule has 21 heavy (non-hydrogen) atoms. The zero-order valence-corrected chi connectivity index (χ0v) is 12.1. The number of oxime groups is 1. The van der Waals surface area contributed by atoms with E-state index >= 15 is 0 Å². The summed E-state index contributed by atoms with van der Waals surface area (Å²) < 4.78 is 4.47. The molecule has 0 radical (unpaired) electrons. The summed E-state index contributed by atoms with van der Waals surface area (Å²) in [5.41, 5.74) is 3.96. The van der Waals surface area contributed by atoms with Gasteiger partial charge in [0.05, 0.1) is 12.8 Å². The van der Waals surface area contributed by atoms with Crippen LogP contribution in [0.15, 0.2) is 59.8 Å². The molecule has 4 nitrogen and oxygen atoms in total. The molecule has 108 valence electrons. The molecule has 0 N–H and O–H groups in total. The van der Waals surface area contributed by atoms with Gasteiger partial charge in [-0.05, 0) is 23.6 Å². The molecule has 0 saturated heterocycles. The summed E-state index contributed by atoms with van der Waals surface area (Å²) in [6.07, 6.45) is 0. The van der Waals surface area contributed by atoms with E-state index in [-0.39, 0.29) is 6.61 Å². The number of carbonyl (C=O) groups is 1. The Morgan fingerprint density at radius 2 is 1.62 bits per heavy atom. The predicted molar refractivity (Wildman–Crippen MR) is 82.1 cm³/mol. The molecule has 0 aliphatic heterocycles. The highest BCUT2D eigenvalue weighted by molar-refractivity contribution is 5.98. The Hall–Kier alpha value is -2.62. The molecule has 0 saturated carbocycles. The fourth-order valence-electron chi connectivity index (χ4n) is 1.83. The zero-order chi connectivity index (χ0) is 15.1. The second-order valence-corrected chi connectivity index (χ2v) is 4.47. The van der Waals surface area contributed by atoms with Crippen LogP contribution in [-0.2, 0) is 14.4 Å². The molecule has 0 amide bonds. The Bertz CT molecular complexity index is 618. The third-order valence-corrected chi connectivity index (χ3v) is 3.02. The summed E-state index contributed by atoms with van der Waals surface area (Å²) in [6, 6.07) is 18.2. The quantitative estimate of drug-likeness (QED) is 0.480. The van der Waals surface area contributed by atoms with Crippen molar-refractivity contribution in [1.82, 2.24) is 0 Å². The van der Waals surface area contributed by atoms with E-state index in [0.29, 0.717) is 5.71 Å². The lowest BCUT2D eigenvalue weighted by Gasteiger charge is -2.04. The van der Waals surface area contributed by atoms with Crippen LogP contribution >= 0.6 is 0 Å². The minimum Gasteiger partial charge on any atom is -0.466 e. The molecule has 0 aliphatic carbocycles. The Morgan fingerprint density at radius 1 is 1.00 bits per heavy atom. The molecule has 0 spiro atoms. The van der Waals surface area contributed by atoms with Crippen molar-refractivity contribution in [2.24, 2.45) is 5.16 Å². The number of ether oxygens (including phenoxy) is 1. The molecular formula is C17H17NO3. The van der Waals surface area contributed by atoms with Gasteiger partial charge in [0.25, 0.3) is 0 Å². The molecule has 0 bridgehead atoms. The van der Waals surface area contributed by atoms with Crippen LogP contribution in [0.2, 0.25) is 0 Å². The number of esters is 1. The summed E-state index contributed by atoms with van der Waals surface area (Å²) in [4.78, 5) is 15.8. The monoisotopic (exact) mass is 283 g/mol. The van der Waals surface area contributed by atoms with Crippen molar-refractivity contribution in [3.63, 3.8) is 0 Å². The third-order valence-electron chi connectivity index (χ3n) is 3.02. The second kappa shape index (κ2) is 7.24. The Kier molecular flexibility index (Phi) is 5.10. The number of benzene rings is 2. The normalized spacial score (nSPS) is 11.0. The molecule has 0 fully saturated rings. The van der Waals surface area contributed by atoms with Crippen LogP contribution in [0.25, 0.3) is 11.1 Å². The lowest BCUT2D eigenvalue weighted by molar-refractivity contribution is -0.145. The van der Waals surface area contributed by atoms with Gasteiger partial charge in [-0.15, -0.1) is 0 Å². The molecule has 0 aromatic heterocycles. The summed E-state index contributed by atoms with van der Waals surface area (Å²) in [7, 11) is 1.31. The molecule has 0 aliphatic rings. The van der Waals surface area contributed by atoms with Crippen LogP contribution in [0.3, 0.4) is 0 Å². The first kappa shape index (κ1) is 14.8. The van der Waals surface area contributed by atoms with Crippen molar-refractivity contribution in [3.8, 4) is 11.1 Å². The highest BCUT2D eigenvalue weighted by atomic mass is 16.6. The lowest BCUT2D eigenvalue weighted by Crippen LogP contribution is -2.08. The average Bonchev–Trinajstić information content (AvgIpc) is 2.55. The maximum Gasteiger partial charge on any atom is 0.346 e. The van der Waals surface area contributed by atoms with Gasteiger partial charge in [-0.2, -0.15) is 0 Å². The summed E-state index contributed by atoms with van der Waals surface area (Å²) in [5.74, 6) is -0.453. The van der Waals surface area contributed by atoms with E-state index in [9.17, 15) is 4.79 Å². The van der Waals surface area contributed by atoms with E-state index in [4.69, 9.17) is 4.84 Å². The number of hydrogen-bond acceptors (Lipinski definition) is 4. The molecular weight excluding hydrogens is 266 g/mol. The summed E-state index contributed by atoms with van der Waals surface area (Å²) >= 11 is 0. The number of methoxy groups -OCH3 is 1. The summed E-state index contributed by atoms with van der Waals surface area (Å²) in [5, 5.41) is 3.90. The molecule has 2 aromatic rings. The molecule has 4 heteroatoms. The maximum atomic E-state index is 10.9. The SMILES string of the molecule is COC(=O)CO/N=C(\C)c1ccc(-c2ccccc2)cc1. The van der Waals surface area contributed by atoms with E-state index in [0.717, 1.165) is 11.1 Å². The molecule has 0 unspecified atom stereocenters. The number of hydrogen-bond donors (Lipinski definition) is 0. The van der Waals surface area contributed by atoms with Crippen LogP contribution in [-0.4, -0.2) is 25.4 Å². The molecule has 2 rings (SSSR count). The number of carbonyl (C=O) groups excluding carboxylic acids is 1. The Labute approximate surface area is 124 Å². The summed E-state index contributed by atoms with van der Waals surface area (Å²) in [6.45, 7) is 1.64. The highest BCUT2D eigenvalue weighted by Gasteiger charge is 2.02. The van der Waals surface area contributed by atoms with Gasteiger partial charge in [-0.1, -0.05) is 59.8 Å². The van der Waals surface area contributed by atoms with Crippen molar-refractivity contribution < 1.29 is 14.4 Å². The van der Waals surface area contributed by atoms with Crippen molar-refractivity contribution >= 4 is 11.7 Å². The van der Waals surface area contributed by atoms with Gasteiger partial charge in [0, 0.05) is 0 Å². The number of nitrogens with zero attached hydrogens (tertiary/aromatic N) is 1. The van der Waals surface area contributed by atoms with Crippen molar-refractivity contribution in [2.75, 3.05) is 13.7 Å². The topological polar surface area (TPSA) is 47.9 Å². The second-order valence-electron chi connectivity index (χ2n) is 4.47. The lowest BCUT2D eigenvalue weighted by atomic mass is 10.0. The van der Waals surface area contributed by atoms with E-state index in [2.05, 4.69) is 22.0 Å². The molecule has 0 atom stereocenters. The maximum absolute atomic E-state index is 10.9. The largest absolute Gasteiger partial charge is 0.466 e. The fourth-order valence-corrected chi connectivity index (χ4v) is 1.83. The van der Waals surface area contributed by atoms with Crippen molar-refractivity contribution in [1.29, 1.82) is 0 Å². The molecule has 0 heterocycles. The standard InChI is InChI=1S/C17H17NO3/c1-13(18-21-12-17(19)20-2)14-8-10-16(11-9-14)15-6-4-3-5-7-15/h3-11H,12H2,1-2H3/b18-13+. The van der Waals surface area contributed by atoms with Crippen LogP contribution < -0.4 is 0 Å². The van der Waals surface area contributed by atoms with Gasteiger partial charge in [0.15, 0.2) is 0 Å². The Morgan fingerprint density at radius 3 is 2.24 bits per heavy atom. The number of rotatable bonds is 5. The minimum absolute atomic E-state index is 0.185. The fraction of sp³-hybridized carbons (Fsp3) is 0.176. The van der Waals surface area contributed by atoms with Gasteiger partial charge < -0.3 is 9.57 Å². The van der Waals surface area contributed by atoms with Crippen molar-refractivity contribution in [2.45, 2.75) is 6.92 Å². The minimum atomic E-state index is -0.453. The van der Waals surface area contributed by atoms with Crippen LogP contribution in [0.5, 0.6) is 0 Å².